The van der Waals surface area contributed by atoms with Crippen LogP contribution < -0.4 is 0 Å². The zero-order valence-electron chi connectivity index (χ0n) is 7.42. The van der Waals surface area contributed by atoms with Crippen molar-refractivity contribution in [2.75, 3.05) is 13.6 Å². The van der Waals surface area contributed by atoms with Gasteiger partial charge in [-0.15, -0.1) is 0 Å². The van der Waals surface area contributed by atoms with Crippen LogP contribution in [0.2, 0.25) is 0 Å². The monoisotopic (exact) mass is 169 g/mol. The Hall–Kier alpha value is -0.830. The van der Waals surface area contributed by atoms with Gasteiger partial charge < -0.3 is 10.0 Å². The molecule has 1 saturated heterocycles. The van der Waals surface area contributed by atoms with Crippen molar-refractivity contribution < 1.29 is 9.90 Å². The molecule has 1 aliphatic heterocycles. The highest BCUT2D eigenvalue weighted by Crippen LogP contribution is 2.20. The van der Waals surface area contributed by atoms with E-state index in [1.165, 1.54) is 6.42 Å². The van der Waals surface area contributed by atoms with E-state index < -0.39 is 5.97 Å². The molecule has 1 unspecified atom stereocenters. The molecule has 1 aliphatic rings. The molecule has 12 heavy (non-hydrogen) atoms. The first-order valence-corrected chi connectivity index (χ1v) is 4.22. The average molecular weight is 169 g/mol. The molecule has 3 heteroatoms. The predicted octanol–water partition coefficient (Wildman–Crippen LogP) is 1.11. The quantitative estimate of drug-likeness (QED) is 0.643. The SMILES string of the molecule is C=C(CC1CCCN1C)C(=O)O. The lowest BCUT2D eigenvalue weighted by molar-refractivity contribution is -0.132. The molecule has 68 valence electrons. The summed E-state index contributed by atoms with van der Waals surface area (Å²) in [7, 11) is 2.03. The van der Waals surface area contributed by atoms with Crippen molar-refractivity contribution in [2.45, 2.75) is 25.3 Å². The summed E-state index contributed by atoms with van der Waals surface area (Å²) in [5, 5.41) is 8.61. The summed E-state index contributed by atoms with van der Waals surface area (Å²) in [6.45, 7) is 4.61. The third-order valence-electron chi connectivity index (χ3n) is 2.46. The normalized spacial score (nSPS) is 24.2. The van der Waals surface area contributed by atoms with Crippen LogP contribution >= 0.6 is 0 Å². The van der Waals surface area contributed by atoms with E-state index >= 15 is 0 Å². The third kappa shape index (κ3) is 2.08. The van der Waals surface area contributed by atoms with Crippen molar-refractivity contribution in [1.29, 1.82) is 0 Å². The molecule has 1 heterocycles. The Balaban J connectivity index is 2.40. The predicted molar refractivity (Wildman–Crippen MR) is 47.0 cm³/mol. The van der Waals surface area contributed by atoms with E-state index in [2.05, 4.69) is 11.5 Å². The molecule has 0 aromatic rings. The van der Waals surface area contributed by atoms with Gasteiger partial charge in [0.15, 0.2) is 0 Å². The van der Waals surface area contributed by atoms with Crippen LogP contribution in [0.25, 0.3) is 0 Å². The standard InChI is InChI=1S/C9H15NO2/c1-7(9(11)12)6-8-4-3-5-10(8)2/h8H,1,3-6H2,2H3,(H,11,12). The van der Waals surface area contributed by atoms with Crippen molar-refractivity contribution >= 4 is 5.97 Å². The highest BCUT2D eigenvalue weighted by molar-refractivity contribution is 5.85. The molecule has 0 aliphatic carbocycles. The summed E-state index contributed by atoms with van der Waals surface area (Å²) in [5.74, 6) is -0.865. The molecule has 1 fully saturated rings. The smallest absolute Gasteiger partial charge is 0.331 e. The van der Waals surface area contributed by atoms with E-state index in [1.807, 2.05) is 7.05 Å². The molecular weight excluding hydrogens is 154 g/mol. The number of aliphatic carboxylic acids is 1. The van der Waals surface area contributed by atoms with E-state index in [1.54, 1.807) is 0 Å². The van der Waals surface area contributed by atoms with Crippen LogP contribution in [0.1, 0.15) is 19.3 Å². The maximum Gasteiger partial charge on any atom is 0.331 e. The van der Waals surface area contributed by atoms with Gasteiger partial charge in [-0.3, -0.25) is 0 Å². The number of carboxylic acid groups (broad SMARTS) is 1. The number of nitrogens with zero attached hydrogens (tertiary/aromatic N) is 1. The van der Waals surface area contributed by atoms with Crippen molar-refractivity contribution in [1.82, 2.24) is 4.90 Å². The molecule has 0 spiro atoms. The summed E-state index contributed by atoms with van der Waals surface area (Å²) < 4.78 is 0. The molecule has 0 saturated carbocycles. The number of carbonyl (C=O) groups is 1. The van der Waals surface area contributed by atoms with Crippen molar-refractivity contribution in [3.05, 3.63) is 12.2 Å². The Morgan fingerprint density at radius 2 is 2.42 bits per heavy atom. The Bertz CT molecular complexity index is 201. The van der Waals surface area contributed by atoms with Gasteiger partial charge in [0.05, 0.1) is 0 Å². The number of hydrogen-bond acceptors (Lipinski definition) is 2. The molecule has 0 aromatic heterocycles. The molecule has 0 radical (unpaired) electrons. The fraction of sp³-hybridized carbons (Fsp3) is 0.667. The lowest BCUT2D eigenvalue weighted by atomic mass is 10.1. The Labute approximate surface area is 72.7 Å². The van der Waals surface area contributed by atoms with Gasteiger partial charge >= 0.3 is 5.97 Å². The van der Waals surface area contributed by atoms with Crippen LogP contribution in [0.15, 0.2) is 12.2 Å². The molecule has 0 bridgehead atoms. The van der Waals surface area contributed by atoms with Gasteiger partial charge in [0, 0.05) is 11.6 Å². The van der Waals surface area contributed by atoms with Gasteiger partial charge in [-0.2, -0.15) is 0 Å². The maximum atomic E-state index is 10.5. The van der Waals surface area contributed by atoms with Crippen molar-refractivity contribution in [3.63, 3.8) is 0 Å². The van der Waals surface area contributed by atoms with Gasteiger partial charge in [-0.25, -0.2) is 4.79 Å². The first kappa shape index (κ1) is 9.26. The summed E-state index contributed by atoms with van der Waals surface area (Å²) in [6.07, 6.45) is 2.88. The zero-order valence-corrected chi connectivity index (χ0v) is 7.42. The summed E-state index contributed by atoms with van der Waals surface area (Å²) in [4.78, 5) is 12.7. The average Bonchev–Trinajstić information content (AvgIpc) is 2.36. The van der Waals surface area contributed by atoms with E-state index in [0.717, 1.165) is 13.0 Å². The highest BCUT2D eigenvalue weighted by Gasteiger charge is 2.22. The van der Waals surface area contributed by atoms with Gasteiger partial charge in [0.2, 0.25) is 0 Å². The van der Waals surface area contributed by atoms with E-state index in [0.29, 0.717) is 18.0 Å². The third-order valence-corrected chi connectivity index (χ3v) is 2.46. The summed E-state index contributed by atoms with van der Waals surface area (Å²) in [5.41, 5.74) is 0.328. The molecule has 0 amide bonds. The summed E-state index contributed by atoms with van der Waals surface area (Å²) >= 11 is 0. The number of rotatable bonds is 3. The molecular formula is C9H15NO2. The molecule has 1 atom stereocenters. The second kappa shape index (κ2) is 3.72. The lowest BCUT2D eigenvalue weighted by Crippen LogP contribution is -2.26. The van der Waals surface area contributed by atoms with Crippen LogP contribution in [0.5, 0.6) is 0 Å². The topological polar surface area (TPSA) is 40.5 Å². The van der Waals surface area contributed by atoms with E-state index in [-0.39, 0.29) is 0 Å². The van der Waals surface area contributed by atoms with Gasteiger partial charge in [0.25, 0.3) is 0 Å². The minimum absolute atomic E-state index is 0.328. The second-order valence-electron chi connectivity index (χ2n) is 3.39. The highest BCUT2D eigenvalue weighted by atomic mass is 16.4. The van der Waals surface area contributed by atoms with Crippen LogP contribution in [0.4, 0.5) is 0 Å². The van der Waals surface area contributed by atoms with Crippen LogP contribution in [-0.4, -0.2) is 35.6 Å². The second-order valence-corrected chi connectivity index (χ2v) is 3.39. The number of hydrogen-bond donors (Lipinski definition) is 1. The molecule has 1 rings (SSSR count). The maximum absolute atomic E-state index is 10.5. The van der Waals surface area contributed by atoms with Crippen LogP contribution in [-0.2, 0) is 4.79 Å². The van der Waals surface area contributed by atoms with Crippen LogP contribution in [0, 0.1) is 0 Å². The van der Waals surface area contributed by atoms with E-state index in [9.17, 15) is 4.79 Å². The first-order chi connectivity index (χ1) is 5.61. The van der Waals surface area contributed by atoms with Gasteiger partial charge in [-0.05, 0) is 32.9 Å². The van der Waals surface area contributed by atoms with Gasteiger partial charge in [-0.1, -0.05) is 6.58 Å². The molecule has 3 nitrogen and oxygen atoms in total. The van der Waals surface area contributed by atoms with E-state index in [4.69, 9.17) is 5.11 Å². The number of carboxylic acids is 1. The Morgan fingerprint density at radius 3 is 2.83 bits per heavy atom. The Morgan fingerprint density at radius 1 is 1.75 bits per heavy atom. The number of likely N-dealkylation sites (tertiary alicyclic amines) is 1. The van der Waals surface area contributed by atoms with Crippen molar-refractivity contribution in [2.24, 2.45) is 0 Å². The largest absolute Gasteiger partial charge is 0.478 e. The van der Waals surface area contributed by atoms with Gasteiger partial charge in [0.1, 0.15) is 0 Å². The fourth-order valence-electron chi connectivity index (χ4n) is 1.61. The molecule has 1 N–H and O–H groups in total. The zero-order chi connectivity index (χ0) is 9.14. The Kier molecular flexibility index (Phi) is 2.87. The summed E-state index contributed by atoms with van der Waals surface area (Å²) in [6, 6.07) is 0.397. The lowest BCUT2D eigenvalue weighted by Gasteiger charge is -2.18. The minimum atomic E-state index is -0.865. The van der Waals surface area contributed by atoms with Crippen molar-refractivity contribution in [3.8, 4) is 0 Å². The van der Waals surface area contributed by atoms with Crippen LogP contribution in [0.3, 0.4) is 0 Å². The fourth-order valence-corrected chi connectivity index (χ4v) is 1.61. The minimum Gasteiger partial charge on any atom is -0.478 e. The molecule has 0 aromatic carbocycles. The first-order valence-electron chi connectivity index (χ1n) is 4.22.